The van der Waals surface area contributed by atoms with Gasteiger partial charge in [0.1, 0.15) is 0 Å². The van der Waals surface area contributed by atoms with Crippen molar-refractivity contribution in [3.63, 3.8) is 0 Å². The largest absolute Gasteiger partial charge is 0.381 e. The zero-order chi connectivity index (χ0) is 14.8. The molecule has 1 aliphatic rings. The molecule has 0 unspecified atom stereocenters. The topological polar surface area (TPSA) is 55.2 Å². The summed E-state index contributed by atoms with van der Waals surface area (Å²) in [6.07, 6.45) is 2.54. The summed E-state index contributed by atoms with van der Waals surface area (Å²) in [5.74, 6) is 0.704. The number of hydrogen-bond acceptors (Lipinski definition) is 3. The van der Waals surface area contributed by atoms with Crippen molar-refractivity contribution in [2.24, 2.45) is 0 Å². The number of benzene rings is 2. The van der Waals surface area contributed by atoms with Crippen LogP contribution < -0.4 is 5.32 Å². The molecular weight excluding hydrogens is 264 g/mol. The van der Waals surface area contributed by atoms with Crippen LogP contribution in [0.25, 0.3) is 0 Å². The normalized spacial score (nSPS) is 14.0. The van der Waals surface area contributed by atoms with E-state index in [1.54, 1.807) is 19.1 Å². The van der Waals surface area contributed by atoms with Crippen LogP contribution in [-0.4, -0.2) is 4.92 Å². The summed E-state index contributed by atoms with van der Waals surface area (Å²) >= 11 is 0. The first-order valence-corrected chi connectivity index (χ1v) is 7.22. The number of aryl methyl sites for hydroxylation is 1. The third-order valence-electron chi connectivity index (χ3n) is 3.96. The lowest BCUT2D eigenvalue weighted by Gasteiger charge is -2.11. The van der Waals surface area contributed by atoms with Gasteiger partial charge in [-0.25, -0.2) is 0 Å². The van der Waals surface area contributed by atoms with Crippen LogP contribution in [-0.2, 0) is 6.54 Å². The van der Waals surface area contributed by atoms with Crippen molar-refractivity contribution in [1.29, 1.82) is 0 Å². The highest BCUT2D eigenvalue weighted by molar-refractivity contribution is 5.55. The van der Waals surface area contributed by atoms with Crippen LogP contribution >= 0.6 is 0 Å². The Balaban J connectivity index is 1.76. The molecule has 21 heavy (non-hydrogen) atoms. The lowest BCUT2D eigenvalue weighted by atomic mass is 10.0. The van der Waals surface area contributed by atoms with Crippen LogP contribution in [0.3, 0.4) is 0 Å². The Morgan fingerprint density at radius 2 is 2.00 bits per heavy atom. The molecule has 0 aliphatic heterocycles. The van der Waals surface area contributed by atoms with Gasteiger partial charge in [-0.1, -0.05) is 30.3 Å². The number of nitro groups is 1. The van der Waals surface area contributed by atoms with Gasteiger partial charge in [-0.3, -0.25) is 10.1 Å². The fourth-order valence-corrected chi connectivity index (χ4v) is 2.60. The molecule has 2 aromatic rings. The predicted octanol–water partition coefficient (Wildman–Crippen LogP) is 4.39. The minimum absolute atomic E-state index is 0.162. The second kappa shape index (κ2) is 5.56. The molecule has 2 aromatic carbocycles. The standard InChI is InChI=1S/C17H18N2O2/c1-12-6-9-15(10-17(12)19(20)21)18-11-14-4-2-3-5-16(14)13-7-8-13/h2-6,9-10,13,18H,7-8,11H2,1H3. The number of hydrogen-bond donors (Lipinski definition) is 1. The van der Waals surface area contributed by atoms with E-state index in [2.05, 4.69) is 23.5 Å². The van der Waals surface area contributed by atoms with E-state index < -0.39 is 0 Å². The van der Waals surface area contributed by atoms with Gasteiger partial charge in [0, 0.05) is 23.9 Å². The van der Waals surface area contributed by atoms with Crippen LogP contribution in [0.1, 0.15) is 35.4 Å². The second-order valence-electron chi connectivity index (χ2n) is 5.59. The number of rotatable bonds is 5. The molecule has 4 nitrogen and oxygen atoms in total. The number of nitrogens with one attached hydrogen (secondary N) is 1. The Kier molecular flexibility index (Phi) is 3.60. The van der Waals surface area contributed by atoms with Gasteiger partial charge in [0.25, 0.3) is 5.69 Å². The van der Waals surface area contributed by atoms with E-state index in [9.17, 15) is 10.1 Å². The van der Waals surface area contributed by atoms with E-state index in [-0.39, 0.29) is 10.6 Å². The van der Waals surface area contributed by atoms with E-state index in [0.29, 0.717) is 18.0 Å². The average molecular weight is 282 g/mol. The van der Waals surface area contributed by atoms with E-state index >= 15 is 0 Å². The molecule has 0 amide bonds. The van der Waals surface area contributed by atoms with Gasteiger partial charge >= 0.3 is 0 Å². The van der Waals surface area contributed by atoms with Crippen molar-refractivity contribution in [2.45, 2.75) is 32.2 Å². The van der Waals surface area contributed by atoms with Crippen molar-refractivity contribution < 1.29 is 4.92 Å². The molecule has 0 spiro atoms. The number of nitro benzene ring substituents is 1. The van der Waals surface area contributed by atoms with Crippen molar-refractivity contribution in [1.82, 2.24) is 0 Å². The molecule has 108 valence electrons. The van der Waals surface area contributed by atoms with Gasteiger partial charge in [0.05, 0.1) is 4.92 Å². The van der Waals surface area contributed by atoms with Crippen molar-refractivity contribution >= 4 is 11.4 Å². The lowest BCUT2D eigenvalue weighted by Crippen LogP contribution is -2.03. The molecule has 1 N–H and O–H groups in total. The lowest BCUT2D eigenvalue weighted by molar-refractivity contribution is -0.385. The minimum Gasteiger partial charge on any atom is -0.381 e. The number of anilines is 1. The van der Waals surface area contributed by atoms with E-state index in [1.165, 1.54) is 24.0 Å². The summed E-state index contributed by atoms with van der Waals surface area (Å²) in [6.45, 7) is 2.46. The van der Waals surface area contributed by atoms with E-state index in [4.69, 9.17) is 0 Å². The zero-order valence-corrected chi connectivity index (χ0v) is 12.0. The summed E-state index contributed by atoms with van der Waals surface area (Å²) in [4.78, 5) is 10.6. The highest BCUT2D eigenvalue weighted by Gasteiger charge is 2.25. The summed E-state index contributed by atoms with van der Waals surface area (Å²) in [6, 6.07) is 13.7. The summed E-state index contributed by atoms with van der Waals surface area (Å²) in [7, 11) is 0. The highest BCUT2D eigenvalue weighted by Crippen LogP contribution is 2.41. The highest BCUT2D eigenvalue weighted by atomic mass is 16.6. The average Bonchev–Trinajstić information content (AvgIpc) is 3.31. The van der Waals surface area contributed by atoms with Gasteiger partial charge in [-0.2, -0.15) is 0 Å². The monoisotopic (exact) mass is 282 g/mol. The third-order valence-corrected chi connectivity index (χ3v) is 3.96. The van der Waals surface area contributed by atoms with Crippen molar-refractivity contribution in [3.8, 4) is 0 Å². The molecule has 0 aromatic heterocycles. The Morgan fingerprint density at radius 1 is 1.24 bits per heavy atom. The molecule has 1 saturated carbocycles. The third kappa shape index (κ3) is 3.05. The maximum absolute atomic E-state index is 11.0. The first-order valence-electron chi connectivity index (χ1n) is 7.22. The molecule has 0 atom stereocenters. The Hall–Kier alpha value is -2.36. The fraction of sp³-hybridized carbons (Fsp3) is 0.294. The quantitative estimate of drug-likeness (QED) is 0.653. The first-order chi connectivity index (χ1) is 10.1. The van der Waals surface area contributed by atoms with Crippen molar-refractivity contribution in [3.05, 3.63) is 69.3 Å². The van der Waals surface area contributed by atoms with Gasteiger partial charge in [-0.05, 0) is 42.9 Å². The van der Waals surface area contributed by atoms with Gasteiger partial charge < -0.3 is 5.32 Å². The molecule has 0 radical (unpaired) electrons. The summed E-state index contributed by atoms with van der Waals surface area (Å²) in [5, 5.41) is 14.3. The molecule has 0 saturated heterocycles. The van der Waals surface area contributed by atoms with E-state index in [1.807, 2.05) is 12.1 Å². The molecule has 0 heterocycles. The van der Waals surface area contributed by atoms with Crippen LogP contribution in [0.2, 0.25) is 0 Å². The van der Waals surface area contributed by atoms with Crippen LogP contribution in [0.15, 0.2) is 42.5 Å². The Morgan fingerprint density at radius 3 is 2.71 bits per heavy atom. The molecule has 1 aliphatic carbocycles. The number of nitrogens with zero attached hydrogens (tertiary/aromatic N) is 1. The van der Waals surface area contributed by atoms with E-state index in [0.717, 1.165) is 5.69 Å². The summed E-state index contributed by atoms with van der Waals surface area (Å²) < 4.78 is 0. The van der Waals surface area contributed by atoms with Crippen LogP contribution in [0.4, 0.5) is 11.4 Å². The molecule has 1 fully saturated rings. The minimum atomic E-state index is -0.335. The fourth-order valence-electron chi connectivity index (χ4n) is 2.60. The smallest absolute Gasteiger partial charge is 0.274 e. The SMILES string of the molecule is Cc1ccc(NCc2ccccc2C2CC2)cc1[N+](=O)[O-]. The maximum Gasteiger partial charge on any atom is 0.274 e. The van der Waals surface area contributed by atoms with Crippen LogP contribution in [0.5, 0.6) is 0 Å². The predicted molar refractivity (Wildman–Crippen MR) is 83.6 cm³/mol. The maximum atomic E-state index is 11.0. The second-order valence-corrected chi connectivity index (χ2v) is 5.59. The van der Waals surface area contributed by atoms with Gasteiger partial charge in [0.2, 0.25) is 0 Å². The molecule has 3 rings (SSSR count). The molecule has 0 bridgehead atoms. The molecule has 4 heteroatoms. The van der Waals surface area contributed by atoms with Crippen LogP contribution in [0, 0.1) is 17.0 Å². The molecular formula is C17H18N2O2. The Bertz CT molecular complexity index is 678. The zero-order valence-electron chi connectivity index (χ0n) is 12.0. The first kappa shape index (κ1) is 13.6. The van der Waals surface area contributed by atoms with Gasteiger partial charge in [0.15, 0.2) is 0 Å². The summed E-state index contributed by atoms with van der Waals surface area (Å²) in [5.41, 5.74) is 4.33. The Labute approximate surface area is 124 Å². The van der Waals surface area contributed by atoms with Crippen molar-refractivity contribution in [2.75, 3.05) is 5.32 Å². The van der Waals surface area contributed by atoms with Gasteiger partial charge in [-0.15, -0.1) is 0 Å².